The highest BCUT2D eigenvalue weighted by atomic mass is 16.5. The van der Waals surface area contributed by atoms with E-state index in [9.17, 15) is 14.7 Å². The van der Waals surface area contributed by atoms with Crippen LogP contribution < -0.4 is 9.64 Å². The van der Waals surface area contributed by atoms with Gasteiger partial charge in [0, 0.05) is 24.8 Å². The molecule has 0 amide bonds. The molecule has 7 heteroatoms. The second-order valence-corrected chi connectivity index (χ2v) is 8.07. The van der Waals surface area contributed by atoms with Gasteiger partial charge < -0.3 is 19.5 Å². The number of pyridine rings is 1. The van der Waals surface area contributed by atoms with Gasteiger partial charge in [-0.15, -0.1) is 0 Å². The number of rotatable bonds is 5. The number of benzene rings is 1. The number of para-hydroxylation sites is 1. The van der Waals surface area contributed by atoms with Gasteiger partial charge in [-0.3, -0.25) is 4.79 Å². The number of methoxy groups -OCH3 is 1. The van der Waals surface area contributed by atoms with Crippen LogP contribution in [0.25, 0.3) is 0 Å². The van der Waals surface area contributed by atoms with Gasteiger partial charge in [0.1, 0.15) is 23.2 Å². The lowest BCUT2D eigenvalue weighted by molar-refractivity contribution is -0.0237. The molecule has 7 nitrogen and oxygen atoms in total. The van der Waals surface area contributed by atoms with Gasteiger partial charge in [-0.1, -0.05) is 12.1 Å². The topological polar surface area (TPSA) is 89.0 Å². The monoisotopic (exact) mass is 410 g/mol. The Balaban J connectivity index is 1.45. The average Bonchev–Trinajstić information content (AvgIpc) is 3.16. The molecule has 158 valence electrons. The molecular weight excluding hydrogens is 384 g/mol. The van der Waals surface area contributed by atoms with Gasteiger partial charge in [-0.25, -0.2) is 9.78 Å². The molecular formula is C23H26N2O5. The lowest BCUT2D eigenvalue weighted by Crippen LogP contribution is -2.42. The van der Waals surface area contributed by atoms with E-state index in [1.165, 1.54) is 14.0 Å². The molecule has 1 aliphatic heterocycles. The zero-order valence-corrected chi connectivity index (χ0v) is 17.2. The van der Waals surface area contributed by atoms with E-state index in [0.29, 0.717) is 41.6 Å². The number of aliphatic hydroxyl groups is 1. The molecule has 4 atom stereocenters. The zero-order chi connectivity index (χ0) is 21.3. The van der Waals surface area contributed by atoms with Crippen LogP contribution in [0.3, 0.4) is 0 Å². The molecule has 2 heterocycles. The molecule has 0 radical (unpaired) electrons. The van der Waals surface area contributed by atoms with E-state index in [4.69, 9.17) is 9.47 Å². The SMILES string of the molecule is COC(=O)c1ccccc1O[C@@H]1C[C@@H]2CN(c3ccc(C(C)=O)cn3)C[C@@H]2C[C@H]1O. The van der Waals surface area contributed by atoms with Crippen molar-refractivity contribution in [2.24, 2.45) is 11.8 Å². The lowest BCUT2D eigenvalue weighted by atomic mass is 9.78. The van der Waals surface area contributed by atoms with E-state index >= 15 is 0 Å². The van der Waals surface area contributed by atoms with E-state index in [-0.39, 0.29) is 11.9 Å². The molecule has 1 aliphatic carbocycles. The van der Waals surface area contributed by atoms with Crippen LogP contribution in [-0.4, -0.2) is 54.3 Å². The van der Waals surface area contributed by atoms with Crippen LogP contribution in [0.4, 0.5) is 5.82 Å². The summed E-state index contributed by atoms with van der Waals surface area (Å²) < 4.78 is 10.9. The quantitative estimate of drug-likeness (QED) is 0.599. The summed E-state index contributed by atoms with van der Waals surface area (Å²) in [6.07, 6.45) is 1.96. The van der Waals surface area contributed by atoms with Crippen LogP contribution in [-0.2, 0) is 4.74 Å². The maximum atomic E-state index is 12.0. The Morgan fingerprint density at radius 1 is 1.10 bits per heavy atom. The molecule has 4 rings (SSSR count). The number of aromatic nitrogens is 1. The molecule has 0 unspecified atom stereocenters. The first-order chi connectivity index (χ1) is 14.5. The van der Waals surface area contributed by atoms with E-state index in [2.05, 4.69) is 9.88 Å². The number of hydrogen-bond acceptors (Lipinski definition) is 7. The molecule has 30 heavy (non-hydrogen) atoms. The number of Topliss-reactive ketones (excluding diaryl/α,β-unsaturated/α-hetero) is 1. The molecule has 1 N–H and O–H groups in total. The van der Waals surface area contributed by atoms with Crippen LogP contribution in [0, 0.1) is 11.8 Å². The number of carbonyl (C=O) groups is 2. The third kappa shape index (κ3) is 4.03. The Labute approximate surface area is 175 Å². The minimum absolute atomic E-state index is 0.000472. The standard InChI is InChI=1S/C23H26N2O5/c1-14(26)15-7-8-22(24-11-15)25-12-16-9-19(27)21(10-17(16)13-25)30-20-6-4-3-5-18(20)23(28)29-2/h3-8,11,16-17,19,21,27H,9-10,12-13H2,1-2H3/t16-,17+,19+,21+/m0/s1. The van der Waals surface area contributed by atoms with E-state index in [0.717, 1.165) is 18.9 Å². The Bertz CT molecular complexity index is 929. The summed E-state index contributed by atoms with van der Waals surface area (Å²) in [5, 5.41) is 10.7. The van der Waals surface area contributed by atoms with Crippen molar-refractivity contribution >= 4 is 17.6 Å². The van der Waals surface area contributed by atoms with Gasteiger partial charge in [-0.2, -0.15) is 0 Å². The Kier molecular flexibility index (Phi) is 5.72. The van der Waals surface area contributed by atoms with Crippen LogP contribution >= 0.6 is 0 Å². The van der Waals surface area contributed by atoms with Crippen molar-refractivity contribution in [1.29, 1.82) is 0 Å². The van der Waals surface area contributed by atoms with Gasteiger partial charge in [-0.05, 0) is 55.9 Å². The highest BCUT2D eigenvalue weighted by molar-refractivity contribution is 5.94. The summed E-state index contributed by atoms with van der Waals surface area (Å²) in [5.74, 6) is 1.53. The highest BCUT2D eigenvalue weighted by Gasteiger charge is 2.43. The maximum Gasteiger partial charge on any atom is 0.341 e. The van der Waals surface area contributed by atoms with E-state index in [1.807, 2.05) is 6.07 Å². The predicted molar refractivity (Wildman–Crippen MR) is 111 cm³/mol. The third-order valence-corrected chi connectivity index (χ3v) is 6.13. The summed E-state index contributed by atoms with van der Waals surface area (Å²) >= 11 is 0. The minimum atomic E-state index is -0.607. The second-order valence-electron chi connectivity index (χ2n) is 8.07. The first-order valence-electron chi connectivity index (χ1n) is 10.2. The number of carbonyl (C=O) groups excluding carboxylic acids is 2. The highest BCUT2D eigenvalue weighted by Crippen LogP contribution is 2.39. The molecule has 0 spiro atoms. The van der Waals surface area contributed by atoms with Gasteiger partial charge >= 0.3 is 5.97 Å². The normalized spacial score (nSPS) is 25.5. The Morgan fingerprint density at radius 3 is 2.50 bits per heavy atom. The van der Waals surface area contributed by atoms with Crippen molar-refractivity contribution < 1.29 is 24.2 Å². The Hall–Kier alpha value is -2.93. The van der Waals surface area contributed by atoms with Crippen molar-refractivity contribution in [3.63, 3.8) is 0 Å². The predicted octanol–water partition coefficient (Wildman–Crippen LogP) is 2.73. The summed E-state index contributed by atoms with van der Waals surface area (Å²) in [4.78, 5) is 30.1. The third-order valence-electron chi connectivity index (χ3n) is 6.13. The molecule has 2 aromatic rings. The smallest absolute Gasteiger partial charge is 0.341 e. The van der Waals surface area contributed by atoms with Gasteiger partial charge in [0.25, 0.3) is 0 Å². The number of aliphatic hydroxyl groups excluding tert-OH is 1. The number of hydrogen-bond donors (Lipinski definition) is 1. The largest absolute Gasteiger partial charge is 0.487 e. The number of esters is 1. The van der Waals surface area contributed by atoms with Crippen molar-refractivity contribution in [2.75, 3.05) is 25.1 Å². The summed E-state index contributed by atoms with van der Waals surface area (Å²) in [6.45, 7) is 3.17. The minimum Gasteiger partial charge on any atom is -0.487 e. The van der Waals surface area contributed by atoms with Gasteiger partial charge in [0.15, 0.2) is 5.78 Å². The number of fused-ring (bicyclic) bond motifs is 1. The first-order valence-corrected chi connectivity index (χ1v) is 10.2. The number of anilines is 1. The summed E-state index contributed by atoms with van der Waals surface area (Å²) in [7, 11) is 1.34. The molecule has 1 aromatic heterocycles. The molecule has 1 saturated heterocycles. The first kappa shape index (κ1) is 20.3. The average molecular weight is 410 g/mol. The van der Waals surface area contributed by atoms with Crippen molar-refractivity contribution in [2.45, 2.75) is 32.0 Å². The zero-order valence-electron chi connectivity index (χ0n) is 17.2. The number of nitrogens with zero attached hydrogens (tertiary/aromatic N) is 2. The molecule has 0 bridgehead atoms. The fourth-order valence-electron chi connectivity index (χ4n) is 4.50. The van der Waals surface area contributed by atoms with Crippen LogP contribution in [0.5, 0.6) is 5.75 Å². The fourth-order valence-corrected chi connectivity index (χ4v) is 4.50. The summed E-state index contributed by atoms with van der Waals surface area (Å²) in [5.41, 5.74) is 0.959. The van der Waals surface area contributed by atoms with Crippen molar-refractivity contribution in [3.8, 4) is 5.75 Å². The number of ketones is 1. The second kappa shape index (κ2) is 8.44. The van der Waals surface area contributed by atoms with Crippen LogP contribution in [0.15, 0.2) is 42.6 Å². The van der Waals surface area contributed by atoms with E-state index in [1.54, 1.807) is 36.5 Å². The summed E-state index contributed by atoms with van der Waals surface area (Å²) in [6, 6.07) is 10.6. The molecule has 2 aliphatic rings. The van der Waals surface area contributed by atoms with Crippen LogP contribution in [0.2, 0.25) is 0 Å². The molecule has 1 aromatic carbocycles. The van der Waals surface area contributed by atoms with Crippen LogP contribution in [0.1, 0.15) is 40.5 Å². The molecule has 2 fully saturated rings. The number of ether oxygens (including phenoxy) is 2. The Morgan fingerprint density at radius 2 is 1.83 bits per heavy atom. The molecule has 1 saturated carbocycles. The van der Waals surface area contributed by atoms with Gasteiger partial charge in [0.05, 0.1) is 13.2 Å². The van der Waals surface area contributed by atoms with Crippen molar-refractivity contribution in [3.05, 3.63) is 53.7 Å². The lowest BCUT2D eigenvalue weighted by Gasteiger charge is -2.35. The maximum absolute atomic E-state index is 12.0. The van der Waals surface area contributed by atoms with Gasteiger partial charge in [0.2, 0.25) is 0 Å². The van der Waals surface area contributed by atoms with Crippen molar-refractivity contribution in [1.82, 2.24) is 4.98 Å². The fraction of sp³-hybridized carbons (Fsp3) is 0.435. The van der Waals surface area contributed by atoms with E-state index < -0.39 is 12.1 Å².